The molecule has 70 valence electrons. The molecule has 1 atom stereocenters. The minimum absolute atomic E-state index is 0.219. The molecule has 0 aliphatic heterocycles. The topological polar surface area (TPSA) is 66.0 Å². The number of aromatic nitrogens is 2. The van der Waals surface area contributed by atoms with Crippen LogP contribution in [0.1, 0.15) is 23.4 Å². The molecule has 1 heterocycles. The average molecular weight is 180 g/mol. The number of hydrogen-bond donors (Lipinski definition) is 2. The van der Waals surface area contributed by atoms with E-state index in [1.54, 1.807) is 0 Å². The predicted octanol–water partition coefficient (Wildman–Crippen LogP) is 0.908. The molecule has 0 saturated heterocycles. The number of carboxylic acid groups (broad SMARTS) is 1. The number of fused-ring (bicyclic) bond motifs is 1. The number of aromatic amines is 1. The Bertz CT molecular complexity index is 343. The molecular formula is C9H12N2O2. The third-order valence-electron chi connectivity index (χ3n) is 2.69. The normalized spacial score (nSPS) is 21.2. The molecule has 0 bridgehead atoms. The predicted molar refractivity (Wildman–Crippen MR) is 46.5 cm³/mol. The lowest BCUT2D eigenvalue weighted by molar-refractivity contribution is -0.142. The van der Waals surface area contributed by atoms with E-state index >= 15 is 0 Å². The summed E-state index contributed by atoms with van der Waals surface area (Å²) in [5.41, 5.74) is 3.18. The smallest absolute Gasteiger partial charge is 0.306 e. The van der Waals surface area contributed by atoms with Crippen LogP contribution in [0, 0.1) is 12.8 Å². The molecule has 0 fully saturated rings. The molecular weight excluding hydrogens is 168 g/mol. The zero-order valence-electron chi connectivity index (χ0n) is 7.50. The quantitative estimate of drug-likeness (QED) is 0.675. The first kappa shape index (κ1) is 8.29. The first-order valence-corrected chi connectivity index (χ1v) is 4.44. The molecule has 1 aromatic rings. The molecule has 1 aliphatic carbocycles. The maximum atomic E-state index is 10.8. The van der Waals surface area contributed by atoms with Crippen molar-refractivity contribution in [3.05, 3.63) is 17.0 Å². The molecule has 0 unspecified atom stereocenters. The Kier molecular flexibility index (Phi) is 1.83. The molecule has 2 N–H and O–H groups in total. The van der Waals surface area contributed by atoms with Gasteiger partial charge in [-0.1, -0.05) is 0 Å². The number of nitrogens with one attached hydrogen (secondary N) is 1. The maximum Gasteiger partial charge on any atom is 0.306 e. The van der Waals surface area contributed by atoms with Gasteiger partial charge in [0.2, 0.25) is 0 Å². The Morgan fingerprint density at radius 3 is 3.15 bits per heavy atom. The van der Waals surface area contributed by atoms with Crippen molar-refractivity contribution < 1.29 is 9.90 Å². The lowest BCUT2D eigenvalue weighted by Gasteiger charge is -2.17. The van der Waals surface area contributed by atoms with Gasteiger partial charge < -0.3 is 5.11 Å². The van der Waals surface area contributed by atoms with Crippen molar-refractivity contribution in [3.8, 4) is 0 Å². The van der Waals surface area contributed by atoms with Crippen LogP contribution >= 0.6 is 0 Å². The zero-order chi connectivity index (χ0) is 9.42. The van der Waals surface area contributed by atoms with Gasteiger partial charge in [0, 0.05) is 5.69 Å². The summed E-state index contributed by atoms with van der Waals surface area (Å²) >= 11 is 0. The van der Waals surface area contributed by atoms with Gasteiger partial charge in [0.05, 0.1) is 11.6 Å². The lowest BCUT2D eigenvalue weighted by Crippen LogP contribution is -2.22. The molecule has 13 heavy (non-hydrogen) atoms. The number of rotatable bonds is 1. The maximum absolute atomic E-state index is 10.8. The first-order valence-electron chi connectivity index (χ1n) is 4.44. The van der Waals surface area contributed by atoms with Crippen LogP contribution < -0.4 is 0 Å². The van der Waals surface area contributed by atoms with E-state index in [0.717, 1.165) is 23.4 Å². The Balaban J connectivity index is 2.27. The van der Waals surface area contributed by atoms with E-state index in [2.05, 4.69) is 10.2 Å². The van der Waals surface area contributed by atoms with Gasteiger partial charge in [-0.2, -0.15) is 5.10 Å². The van der Waals surface area contributed by atoms with Gasteiger partial charge in [0.15, 0.2) is 0 Å². The summed E-state index contributed by atoms with van der Waals surface area (Å²) in [5.74, 6) is -0.907. The number of carbonyl (C=O) groups is 1. The highest BCUT2D eigenvalue weighted by atomic mass is 16.4. The number of H-pyrrole nitrogens is 1. The van der Waals surface area contributed by atoms with Gasteiger partial charge in [0.25, 0.3) is 0 Å². The molecule has 1 aromatic heterocycles. The van der Waals surface area contributed by atoms with E-state index in [4.69, 9.17) is 5.11 Å². The van der Waals surface area contributed by atoms with Crippen LogP contribution in [0.2, 0.25) is 0 Å². The summed E-state index contributed by atoms with van der Waals surface area (Å²) in [5, 5.41) is 15.9. The van der Waals surface area contributed by atoms with Gasteiger partial charge >= 0.3 is 5.97 Å². The lowest BCUT2D eigenvalue weighted by atomic mass is 9.87. The SMILES string of the molecule is Cc1[nH]nc2c1C[C@H](C(=O)O)CC2. The highest BCUT2D eigenvalue weighted by Gasteiger charge is 2.26. The largest absolute Gasteiger partial charge is 0.481 e. The van der Waals surface area contributed by atoms with Gasteiger partial charge in [-0.25, -0.2) is 0 Å². The Labute approximate surface area is 76.0 Å². The molecule has 0 spiro atoms. The van der Waals surface area contributed by atoms with Crippen LogP contribution in [-0.4, -0.2) is 21.3 Å². The van der Waals surface area contributed by atoms with E-state index in [-0.39, 0.29) is 5.92 Å². The fourth-order valence-electron chi connectivity index (χ4n) is 1.85. The van der Waals surface area contributed by atoms with Crippen molar-refractivity contribution in [2.24, 2.45) is 5.92 Å². The van der Waals surface area contributed by atoms with Gasteiger partial charge in [0.1, 0.15) is 0 Å². The fraction of sp³-hybridized carbons (Fsp3) is 0.556. The summed E-state index contributed by atoms with van der Waals surface area (Å²) in [6.07, 6.45) is 2.14. The van der Waals surface area contributed by atoms with Crippen LogP contribution in [0.3, 0.4) is 0 Å². The van der Waals surface area contributed by atoms with E-state index in [1.165, 1.54) is 0 Å². The first-order chi connectivity index (χ1) is 6.18. The van der Waals surface area contributed by atoms with E-state index in [0.29, 0.717) is 12.8 Å². The Morgan fingerprint density at radius 1 is 1.69 bits per heavy atom. The Morgan fingerprint density at radius 2 is 2.46 bits per heavy atom. The molecule has 0 radical (unpaired) electrons. The zero-order valence-corrected chi connectivity index (χ0v) is 7.50. The molecule has 4 heteroatoms. The minimum atomic E-state index is -0.689. The third-order valence-corrected chi connectivity index (χ3v) is 2.69. The summed E-state index contributed by atoms with van der Waals surface area (Å²) in [7, 11) is 0. The van der Waals surface area contributed by atoms with Crippen molar-refractivity contribution in [2.45, 2.75) is 26.2 Å². The monoisotopic (exact) mass is 180 g/mol. The number of aryl methyl sites for hydroxylation is 2. The summed E-state index contributed by atoms with van der Waals surface area (Å²) in [6, 6.07) is 0. The fourth-order valence-corrected chi connectivity index (χ4v) is 1.85. The molecule has 4 nitrogen and oxygen atoms in total. The van der Waals surface area contributed by atoms with Crippen LogP contribution in [0.15, 0.2) is 0 Å². The van der Waals surface area contributed by atoms with Crippen molar-refractivity contribution in [1.29, 1.82) is 0 Å². The third kappa shape index (κ3) is 1.32. The number of carboxylic acids is 1. The van der Waals surface area contributed by atoms with E-state index < -0.39 is 5.97 Å². The van der Waals surface area contributed by atoms with Crippen molar-refractivity contribution >= 4 is 5.97 Å². The Hall–Kier alpha value is -1.32. The standard InChI is InChI=1S/C9H12N2O2/c1-5-7-4-6(9(12)13)2-3-8(7)11-10-5/h6H,2-4H2,1H3,(H,10,11)(H,12,13)/t6-/m1/s1. The van der Waals surface area contributed by atoms with E-state index in [1.807, 2.05) is 6.92 Å². The number of hydrogen-bond acceptors (Lipinski definition) is 2. The number of nitrogens with zero attached hydrogens (tertiary/aromatic N) is 1. The highest BCUT2D eigenvalue weighted by Crippen LogP contribution is 2.25. The van der Waals surface area contributed by atoms with Crippen LogP contribution in [-0.2, 0) is 17.6 Å². The van der Waals surface area contributed by atoms with Crippen LogP contribution in [0.5, 0.6) is 0 Å². The van der Waals surface area contributed by atoms with E-state index in [9.17, 15) is 4.79 Å². The molecule has 0 amide bonds. The van der Waals surface area contributed by atoms with Crippen molar-refractivity contribution in [3.63, 3.8) is 0 Å². The number of aliphatic carboxylic acids is 1. The summed E-state index contributed by atoms with van der Waals surface area (Å²) < 4.78 is 0. The minimum Gasteiger partial charge on any atom is -0.481 e. The second-order valence-corrected chi connectivity index (χ2v) is 3.55. The van der Waals surface area contributed by atoms with Gasteiger partial charge in [-0.3, -0.25) is 9.89 Å². The van der Waals surface area contributed by atoms with Gasteiger partial charge in [-0.15, -0.1) is 0 Å². The van der Waals surface area contributed by atoms with Gasteiger partial charge in [-0.05, 0) is 31.7 Å². The molecule has 0 saturated carbocycles. The van der Waals surface area contributed by atoms with Crippen molar-refractivity contribution in [1.82, 2.24) is 10.2 Å². The second-order valence-electron chi connectivity index (χ2n) is 3.55. The average Bonchev–Trinajstić information content (AvgIpc) is 2.47. The summed E-state index contributed by atoms with van der Waals surface area (Å²) in [4.78, 5) is 10.8. The van der Waals surface area contributed by atoms with Crippen LogP contribution in [0.25, 0.3) is 0 Å². The molecule has 1 aliphatic rings. The molecule has 2 rings (SSSR count). The second kappa shape index (κ2) is 2.87. The van der Waals surface area contributed by atoms with Crippen molar-refractivity contribution in [2.75, 3.05) is 0 Å². The highest BCUT2D eigenvalue weighted by molar-refractivity contribution is 5.71. The molecule has 0 aromatic carbocycles. The summed E-state index contributed by atoms with van der Waals surface area (Å²) in [6.45, 7) is 1.94. The van der Waals surface area contributed by atoms with Crippen LogP contribution in [0.4, 0.5) is 0 Å².